The van der Waals surface area contributed by atoms with Gasteiger partial charge in [0, 0.05) is 19.1 Å². The maximum Gasteiger partial charge on any atom is 0.221 e. The summed E-state index contributed by atoms with van der Waals surface area (Å²) in [6.07, 6.45) is 3.51. The molecule has 2 heterocycles. The van der Waals surface area contributed by atoms with Crippen LogP contribution in [0.25, 0.3) is 0 Å². The fourth-order valence-electron chi connectivity index (χ4n) is 2.45. The van der Waals surface area contributed by atoms with E-state index in [1.807, 2.05) is 0 Å². The number of hydrogen-bond donors (Lipinski definition) is 2. The molecular weight excluding hydrogens is 178 g/mol. The summed E-state index contributed by atoms with van der Waals surface area (Å²) in [5.41, 5.74) is 5.29. The average molecular weight is 197 g/mol. The van der Waals surface area contributed by atoms with Gasteiger partial charge in [-0.3, -0.25) is 4.79 Å². The van der Waals surface area contributed by atoms with Gasteiger partial charge in [-0.2, -0.15) is 0 Å². The molecule has 2 aliphatic rings. The number of nitrogens with zero attached hydrogens (tertiary/aromatic N) is 1. The molecule has 0 spiro atoms. The fraction of sp³-hybridized carbons (Fsp3) is 0.900. The monoisotopic (exact) mass is 197 g/mol. The highest BCUT2D eigenvalue weighted by Crippen LogP contribution is 2.17. The van der Waals surface area contributed by atoms with Crippen LogP contribution in [0.15, 0.2) is 0 Å². The van der Waals surface area contributed by atoms with Gasteiger partial charge in [0.15, 0.2) is 0 Å². The molecule has 4 nitrogen and oxygen atoms in total. The molecular formula is C10H19N3O. The van der Waals surface area contributed by atoms with Crippen LogP contribution in [0.2, 0.25) is 0 Å². The molecule has 4 heteroatoms. The van der Waals surface area contributed by atoms with E-state index >= 15 is 0 Å². The molecule has 0 radical (unpaired) electrons. The molecule has 0 saturated carbocycles. The van der Waals surface area contributed by atoms with Crippen LogP contribution in [0.3, 0.4) is 0 Å². The highest BCUT2D eigenvalue weighted by atomic mass is 16.1. The molecule has 2 fully saturated rings. The van der Waals surface area contributed by atoms with Crippen LogP contribution >= 0.6 is 0 Å². The Bertz CT molecular complexity index is 213. The first-order valence-electron chi connectivity index (χ1n) is 5.51. The standard InChI is InChI=1S/C10H19N3O/c11-10(14)8-3-5-13(6-8)7-9-2-1-4-12-9/h8-9,12H,1-7H2,(H2,11,14). The third kappa shape index (κ3) is 2.25. The molecule has 2 rings (SSSR count). The predicted octanol–water partition coefficient (Wildman–Crippen LogP) is -0.454. The fourth-order valence-corrected chi connectivity index (χ4v) is 2.45. The summed E-state index contributed by atoms with van der Waals surface area (Å²) in [6, 6.07) is 0.640. The van der Waals surface area contributed by atoms with Crippen LogP contribution in [0.1, 0.15) is 19.3 Å². The highest BCUT2D eigenvalue weighted by molar-refractivity contribution is 5.77. The second kappa shape index (κ2) is 4.28. The lowest BCUT2D eigenvalue weighted by atomic mass is 10.1. The Morgan fingerprint density at radius 3 is 2.93 bits per heavy atom. The van der Waals surface area contributed by atoms with Gasteiger partial charge in [-0.25, -0.2) is 0 Å². The van der Waals surface area contributed by atoms with Crippen molar-refractivity contribution in [2.45, 2.75) is 25.3 Å². The van der Waals surface area contributed by atoms with Crippen molar-refractivity contribution >= 4 is 5.91 Å². The molecule has 2 unspecified atom stereocenters. The normalized spacial score (nSPS) is 33.7. The molecule has 1 amide bonds. The maximum atomic E-state index is 11.0. The summed E-state index contributed by atoms with van der Waals surface area (Å²) >= 11 is 0. The van der Waals surface area contributed by atoms with E-state index < -0.39 is 0 Å². The van der Waals surface area contributed by atoms with E-state index in [0.29, 0.717) is 6.04 Å². The predicted molar refractivity (Wildman–Crippen MR) is 54.8 cm³/mol. The molecule has 2 atom stereocenters. The number of primary amides is 1. The van der Waals surface area contributed by atoms with Crippen molar-refractivity contribution in [1.29, 1.82) is 0 Å². The van der Waals surface area contributed by atoms with Crippen molar-refractivity contribution in [1.82, 2.24) is 10.2 Å². The molecule has 0 aromatic carbocycles. The molecule has 2 aliphatic heterocycles. The van der Waals surface area contributed by atoms with Gasteiger partial charge in [0.05, 0.1) is 5.92 Å². The first-order valence-corrected chi connectivity index (χ1v) is 5.51. The number of nitrogens with one attached hydrogen (secondary N) is 1. The molecule has 80 valence electrons. The summed E-state index contributed by atoms with van der Waals surface area (Å²) in [5, 5.41) is 3.47. The molecule has 0 bridgehead atoms. The molecule has 3 N–H and O–H groups in total. The summed E-state index contributed by atoms with van der Waals surface area (Å²) < 4.78 is 0. The van der Waals surface area contributed by atoms with Crippen molar-refractivity contribution in [2.75, 3.05) is 26.2 Å². The molecule has 14 heavy (non-hydrogen) atoms. The number of amides is 1. The molecule has 0 aromatic heterocycles. The minimum atomic E-state index is -0.133. The largest absolute Gasteiger partial charge is 0.369 e. The Balaban J connectivity index is 1.75. The van der Waals surface area contributed by atoms with E-state index in [-0.39, 0.29) is 11.8 Å². The van der Waals surface area contributed by atoms with Gasteiger partial charge in [0.25, 0.3) is 0 Å². The van der Waals surface area contributed by atoms with E-state index in [2.05, 4.69) is 10.2 Å². The van der Waals surface area contributed by atoms with Gasteiger partial charge >= 0.3 is 0 Å². The van der Waals surface area contributed by atoms with Crippen LogP contribution in [0.4, 0.5) is 0 Å². The average Bonchev–Trinajstić information content (AvgIpc) is 2.75. The van der Waals surface area contributed by atoms with Crippen LogP contribution in [-0.2, 0) is 4.79 Å². The van der Waals surface area contributed by atoms with E-state index in [1.54, 1.807) is 0 Å². The van der Waals surface area contributed by atoms with Gasteiger partial charge in [-0.1, -0.05) is 0 Å². The number of carbonyl (C=O) groups excluding carboxylic acids is 1. The quantitative estimate of drug-likeness (QED) is 0.644. The van der Waals surface area contributed by atoms with Gasteiger partial charge in [-0.05, 0) is 32.4 Å². The van der Waals surface area contributed by atoms with E-state index in [4.69, 9.17) is 5.73 Å². The lowest BCUT2D eigenvalue weighted by Crippen LogP contribution is -2.37. The zero-order valence-corrected chi connectivity index (χ0v) is 8.54. The van der Waals surface area contributed by atoms with Crippen LogP contribution in [0, 0.1) is 5.92 Å². The number of nitrogens with two attached hydrogens (primary N) is 1. The summed E-state index contributed by atoms with van der Waals surface area (Å²) in [4.78, 5) is 13.3. The SMILES string of the molecule is NC(=O)C1CCN(CC2CCCN2)C1. The van der Waals surface area contributed by atoms with E-state index in [9.17, 15) is 4.79 Å². The van der Waals surface area contributed by atoms with Crippen molar-refractivity contribution in [3.63, 3.8) is 0 Å². The Morgan fingerprint density at radius 2 is 2.36 bits per heavy atom. The topological polar surface area (TPSA) is 58.4 Å². The van der Waals surface area contributed by atoms with Gasteiger partial charge < -0.3 is 16.0 Å². The smallest absolute Gasteiger partial charge is 0.221 e. The van der Waals surface area contributed by atoms with Crippen molar-refractivity contribution in [3.8, 4) is 0 Å². The molecule has 0 aromatic rings. The lowest BCUT2D eigenvalue weighted by Gasteiger charge is -2.19. The maximum absolute atomic E-state index is 11.0. The Labute approximate surface area is 84.8 Å². The Hall–Kier alpha value is -0.610. The third-order valence-corrected chi connectivity index (χ3v) is 3.32. The minimum absolute atomic E-state index is 0.0939. The van der Waals surface area contributed by atoms with Crippen molar-refractivity contribution < 1.29 is 4.79 Å². The number of rotatable bonds is 3. The van der Waals surface area contributed by atoms with E-state index in [0.717, 1.165) is 32.6 Å². The summed E-state index contributed by atoms with van der Waals surface area (Å²) in [6.45, 7) is 4.14. The van der Waals surface area contributed by atoms with Gasteiger partial charge in [0.2, 0.25) is 5.91 Å². The van der Waals surface area contributed by atoms with E-state index in [1.165, 1.54) is 12.8 Å². The van der Waals surface area contributed by atoms with Crippen molar-refractivity contribution in [2.24, 2.45) is 11.7 Å². The first kappa shape index (κ1) is 9.93. The summed E-state index contributed by atoms with van der Waals surface area (Å²) in [7, 11) is 0. The van der Waals surface area contributed by atoms with Crippen LogP contribution in [-0.4, -0.2) is 43.0 Å². The zero-order valence-electron chi connectivity index (χ0n) is 8.54. The number of likely N-dealkylation sites (tertiary alicyclic amines) is 1. The second-order valence-corrected chi connectivity index (χ2v) is 4.44. The summed E-state index contributed by atoms with van der Waals surface area (Å²) in [5.74, 6) is -0.0386. The Morgan fingerprint density at radius 1 is 1.50 bits per heavy atom. The first-order chi connectivity index (χ1) is 6.75. The minimum Gasteiger partial charge on any atom is -0.369 e. The number of carbonyl (C=O) groups is 1. The molecule has 2 saturated heterocycles. The van der Waals surface area contributed by atoms with Crippen LogP contribution < -0.4 is 11.1 Å². The Kier molecular flexibility index (Phi) is 3.03. The van der Waals surface area contributed by atoms with Gasteiger partial charge in [0.1, 0.15) is 0 Å². The van der Waals surface area contributed by atoms with Gasteiger partial charge in [-0.15, -0.1) is 0 Å². The third-order valence-electron chi connectivity index (χ3n) is 3.32. The lowest BCUT2D eigenvalue weighted by molar-refractivity contribution is -0.121. The second-order valence-electron chi connectivity index (χ2n) is 4.44. The highest BCUT2D eigenvalue weighted by Gasteiger charge is 2.28. The van der Waals surface area contributed by atoms with Crippen molar-refractivity contribution in [3.05, 3.63) is 0 Å². The molecule has 0 aliphatic carbocycles. The van der Waals surface area contributed by atoms with Crippen LogP contribution in [0.5, 0.6) is 0 Å². The number of hydrogen-bond acceptors (Lipinski definition) is 3. The zero-order chi connectivity index (χ0) is 9.97.